The minimum Gasteiger partial charge on any atom is -0.309 e. The number of carbonyl (C=O) groups is 1. The van der Waals surface area contributed by atoms with Gasteiger partial charge in [-0.1, -0.05) is 35.4 Å². The predicted molar refractivity (Wildman–Crippen MR) is 145 cm³/mol. The minimum atomic E-state index is -3.83. The maximum Gasteiger partial charge on any atom is 0.253 e. The van der Waals surface area contributed by atoms with Crippen molar-refractivity contribution >= 4 is 65.6 Å². The van der Waals surface area contributed by atoms with Crippen LogP contribution in [-0.4, -0.2) is 68.3 Å². The summed E-state index contributed by atoms with van der Waals surface area (Å²) >= 11 is 8.54. The number of piperidine rings is 1. The van der Waals surface area contributed by atoms with Gasteiger partial charge in [-0.05, 0) is 83.1 Å². The summed E-state index contributed by atoms with van der Waals surface area (Å²) in [6.45, 7) is 5.70. The van der Waals surface area contributed by atoms with E-state index in [9.17, 15) is 13.2 Å². The molecule has 1 amide bonds. The quantitative estimate of drug-likeness (QED) is 0.385. The number of carbonyl (C=O) groups excluding carboxylic acids is 1. The highest BCUT2D eigenvalue weighted by molar-refractivity contribution is 7.91. The first kappa shape index (κ1) is 26.5. The number of benzene rings is 1. The van der Waals surface area contributed by atoms with Crippen molar-refractivity contribution in [1.29, 1.82) is 0 Å². The number of hydrogen-bond donors (Lipinski definition) is 0. The molecule has 1 aromatic carbocycles. The first-order valence-electron chi connectivity index (χ1n) is 11.7. The summed E-state index contributed by atoms with van der Waals surface area (Å²) in [6, 6.07) is 6.45. The van der Waals surface area contributed by atoms with E-state index in [-0.39, 0.29) is 10.1 Å². The normalized spacial score (nSPS) is 17.4. The number of anilines is 1. The van der Waals surface area contributed by atoms with E-state index in [1.807, 2.05) is 27.1 Å². The van der Waals surface area contributed by atoms with E-state index in [0.717, 1.165) is 58.5 Å². The molecule has 0 saturated carbocycles. The van der Waals surface area contributed by atoms with Crippen LogP contribution in [0.15, 0.2) is 28.5 Å². The Morgan fingerprint density at radius 1 is 1.14 bits per heavy atom. The lowest BCUT2D eigenvalue weighted by Crippen LogP contribution is -2.53. The van der Waals surface area contributed by atoms with Gasteiger partial charge in [-0.2, -0.15) is 4.31 Å². The predicted octanol–water partition coefficient (Wildman–Crippen LogP) is 5.16. The molecule has 0 N–H and O–H groups in total. The first-order valence-corrected chi connectivity index (χ1v) is 15.1. The summed E-state index contributed by atoms with van der Waals surface area (Å²) in [5.41, 5.74) is 3.15. The number of aromatic nitrogens is 1. The fourth-order valence-corrected chi connectivity index (χ4v) is 8.67. The summed E-state index contributed by atoms with van der Waals surface area (Å²) in [5.74, 6) is -0.205. The van der Waals surface area contributed by atoms with Crippen molar-refractivity contribution in [2.24, 2.45) is 0 Å². The lowest BCUT2D eigenvalue weighted by Gasteiger charge is -2.36. The van der Waals surface area contributed by atoms with Crippen molar-refractivity contribution in [3.05, 3.63) is 39.7 Å². The van der Waals surface area contributed by atoms with Crippen LogP contribution in [-0.2, 0) is 14.8 Å². The zero-order valence-electron chi connectivity index (χ0n) is 20.5. The maximum absolute atomic E-state index is 14.0. The molecule has 3 aromatic rings. The Morgan fingerprint density at radius 2 is 1.91 bits per heavy atom. The number of sulfonamides is 1. The Hall–Kier alpha value is -1.56. The summed E-state index contributed by atoms with van der Waals surface area (Å²) < 4.78 is 30.0. The molecule has 1 unspecified atom stereocenters. The molecule has 1 aliphatic heterocycles. The molecule has 1 fully saturated rings. The molecule has 3 heterocycles. The van der Waals surface area contributed by atoms with Gasteiger partial charge in [0.05, 0.1) is 14.6 Å². The van der Waals surface area contributed by atoms with Crippen LogP contribution in [0.2, 0.25) is 4.34 Å². The smallest absolute Gasteiger partial charge is 0.253 e. The van der Waals surface area contributed by atoms with Gasteiger partial charge < -0.3 is 4.90 Å². The van der Waals surface area contributed by atoms with E-state index in [1.54, 1.807) is 11.0 Å². The van der Waals surface area contributed by atoms with Gasteiger partial charge in [0.15, 0.2) is 5.13 Å². The molecule has 2 aromatic heterocycles. The second-order valence-electron chi connectivity index (χ2n) is 9.18. The molecule has 1 aliphatic rings. The maximum atomic E-state index is 14.0. The molecule has 0 aliphatic carbocycles. The largest absolute Gasteiger partial charge is 0.309 e. The third kappa shape index (κ3) is 5.57. The van der Waals surface area contributed by atoms with Crippen LogP contribution in [0.4, 0.5) is 5.13 Å². The van der Waals surface area contributed by atoms with Crippen LogP contribution in [0.25, 0.3) is 10.2 Å². The van der Waals surface area contributed by atoms with E-state index in [1.165, 1.54) is 21.7 Å². The molecule has 35 heavy (non-hydrogen) atoms. The lowest BCUT2D eigenvalue weighted by molar-refractivity contribution is -0.123. The second kappa shape index (κ2) is 10.8. The number of rotatable bonds is 8. The number of halogens is 1. The van der Waals surface area contributed by atoms with E-state index >= 15 is 0 Å². The molecule has 0 bridgehead atoms. The van der Waals surface area contributed by atoms with Gasteiger partial charge in [-0.3, -0.25) is 9.69 Å². The molecular formula is C24H31ClN4O3S3. The SMILES string of the molecule is Cc1ccc2sc(N(CCCN(C)C)C(=O)C3CCCCN3S(=O)(=O)c3ccc(Cl)s3)nc2c1C. The molecule has 4 rings (SSSR count). The third-order valence-electron chi connectivity index (χ3n) is 6.41. The molecular weight excluding hydrogens is 524 g/mol. The Balaban J connectivity index is 1.70. The standard InChI is InChI=1S/C24H31ClN4O3S3/c1-16-9-10-19-22(17(16)2)26-24(33-19)28(14-7-13-27(3)4)23(30)18-8-5-6-15-29(18)35(31,32)21-12-11-20(25)34-21/h9-12,18H,5-8,13-15H2,1-4H3. The number of nitrogens with zero attached hydrogens (tertiary/aromatic N) is 4. The van der Waals surface area contributed by atoms with E-state index in [4.69, 9.17) is 16.6 Å². The van der Waals surface area contributed by atoms with Gasteiger partial charge in [0.1, 0.15) is 10.3 Å². The molecule has 190 valence electrons. The van der Waals surface area contributed by atoms with Crippen LogP contribution in [0.5, 0.6) is 0 Å². The number of aryl methyl sites for hydroxylation is 2. The van der Waals surface area contributed by atoms with Crippen LogP contribution in [0, 0.1) is 13.8 Å². The molecule has 7 nitrogen and oxygen atoms in total. The average molecular weight is 555 g/mol. The molecule has 11 heteroatoms. The second-order valence-corrected chi connectivity index (χ2v) is 14.0. The highest BCUT2D eigenvalue weighted by atomic mass is 35.5. The summed E-state index contributed by atoms with van der Waals surface area (Å²) in [4.78, 5) is 22.7. The third-order valence-corrected chi connectivity index (χ3v) is 11.1. The van der Waals surface area contributed by atoms with Crippen molar-refractivity contribution in [2.75, 3.05) is 38.6 Å². The van der Waals surface area contributed by atoms with E-state index in [2.05, 4.69) is 17.9 Å². The monoisotopic (exact) mass is 554 g/mol. The van der Waals surface area contributed by atoms with Crippen LogP contribution >= 0.6 is 34.3 Å². The number of amides is 1. The zero-order valence-corrected chi connectivity index (χ0v) is 23.7. The fourth-order valence-electron chi connectivity index (χ4n) is 4.35. The highest BCUT2D eigenvalue weighted by Gasteiger charge is 2.41. The molecule has 0 spiro atoms. The average Bonchev–Trinajstić information content (AvgIpc) is 3.46. The van der Waals surface area contributed by atoms with Gasteiger partial charge >= 0.3 is 0 Å². The Labute approximate surface area is 220 Å². The van der Waals surface area contributed by atoms with Crippen LogP contribution in [0.1, 0.15) is 36.8 Å². The first-order chi connectivity index (χ1) is 16.6. The highest BCUT2D eigenvalue weighted by Crippen LogP contribution is 2.35. The zero-order chi connectivity index (χ0) is 25.3. The van der Waals surface area contributed by atoms with Gasteiger partial charge in [0.2, 0.25) is 5.91 Å². The lowest BCUT2D eigenvalue weighted by atomic mass is 10.0. The van der Waals surface area contributed by atoms with E-state index in [0.29, 0.717) is 29.0 Å². The Kier molecular flexibility index (Phi) is 8.19. The number of hydrogen-bond acceptors (Lipinski definition) is 7. The number of thiophene rings is 1. The van der Waals surface area contributed by atoms with Gasteiger partial charge in [-0.15, -0.1) is 11.3 Å². The number of thiazole rings is 1. The van der Waals surface area contributed by atoms with Crippen molar-refractivity contribution < 1.29 is 13.2 Å². The topological polar surface area (TPSA) is 73.8 Å². The van der Waals surface area contributed by atoms with E-state index < -0.39 is 16.1 Å². The molecule has 0 radical (unpaired) electrons. The Bertz CT molecular complexity index is 1320. The van der Waals surface area contributed by atoms with Gasteiger partial charge in [0.25, 0.3) is 10.0 Å². The fraction of sp³-hybridized carbons (Fsp3) is 0.500. The molecule has 1 saturated heterocycles. The van der Waals surface area contributed by atoms with Crippen molar-refractivity contribution in [1.82, 2.24) is 14.2 Å². The molecule has 1 atom stereocenters. The Morgan fingerprint density at radius 3 is 2.60 bits per heavy atom. The number of fused-ring (bicyclic) bond motifs is 1. The van der Waals surface area contributed by atoms with Crippen LogP contribution < -0.4 is 4.90 Å². The van der Waals surface area contributed by atoms with Crippen molar-refractivity contribution in [3.8, 4) is 0 Å². The summed E-state index contributed by atoms with van der Waals surface area (Å²) in [6.07, 6.45) is 2.77. The summed E-state index contributed by atoms with van der Waals surface area (Å²) in [7, 11) is 0.168. The van der Waals surface area contributed by atoms with Crippen molar-refractivity contribution in [2.45, 2.75) is 49.8 Å². The van der Waals surface area contributed by atoms with Gasteiger partial charge in [-0.25, -0.2) is 13.4 Å². The minimum absolute atomic E-state index is 0.174. The summed E-state index contributed by atoms with van der Waals surface area (Å²) in [5, 5.41) is 0.625. The van der Waals surface area contributed by atoms with Crippen molar-refractivity contribution in [3.63, 3.8) is 0 Å². The van der Waals surface area contributed by atoms with Gasteiger partial charge in [0, 0.05) is 13.1 Å². The van der Waals surface area contributed by atoms with Crippen LogP contribution in [0.3, 0.4) is 0 Å².